The normalized spacial score (nSPS) is 23.9. The van der Waals surface area contributed by atoms with E-state index in [9.17, 15) is 0 Å². The van der Waals surface area contributed by atoms with Gasteiger partial charge in [-0.05, 0) is 132 Å². The van der Waals surface area contributed by atoms with E-state index in [2.05, 4.69) is 146 Å². The van der Waals surface area contributed by atoms with Crippen LogP contribution in [0.2, 0.25) is 10.0 Å². The van der Waals surface area contributed by atoms with Gasteiger partial charge in [0.05, 0.1) is 5.54 Å². The van der Waals surface area contributed by atoms with Gasteiger partial charge in [-0.25, -0.2) is 0 Å². The van der Waals surface area contributed by atoms with Crippen molar-refractivity contribution in [3.05, 3.63) is 111 Å². The first-order valence-electron chi connectivity index (χ1n) is 18.3. The van der Waals surface area contributed by atoms with E-state index in [0.29, 0.717) is 0 Å². The number of rotatable bonds is 4. The van der Waals surface area contributed by atoms with E-state index >= 15 is 0 Å². The molecule has 1 fully saturated rings. The lowest BCUT2D eigenvalue weighted by atomic mass is 9.61. The van der Waals surface area contributed by atoms with Crippen LogP contribution in [-0.2, 0) is 21.7 Å². The van der Waals surface area contributed by atoms with Crippen LogP contribution in [0.3, 0.4) is 0 Å². The first-order valence-corrected chi connectivity index (χ1v) is 19.1. The number of benzene rings is 4. The van der Waals surface area contributed by atoms with Gasteiger partial charge < -0.3 is 9.80 Å². The second-order valence-electron chi connectivity index (χ2n) is 18.1. The number of halogens is 2. The van der Waals surface area contributed by atoms with E-state index in [1.165, 1.54) is 64.9 Å². The van der Waals surface area contributed by atoms with Gasteiger partial charge in [0, 0.05) is 43.9 Å². The van der Waals surface area contributed by atoms with Gasteiger partial charge in [-0.2, -0.15) is 0 Å². The Hall–Kier alpha value is -2.94. The fourth-order valence-electron chi connectivity index (χ4n) is 9.42. The Morgan fingerprint density at radius 1 is 0.653 bits per heavy atom. The monoisotopic (exact) mass is 692 g/mol. The molecule has 1 aliphatic heterocycles. The molecule has 3 aliphatic rings. The van der Waals surface area contributed by atoms with Crippen LogP contribution in [-0.4, -0.2) is 5.54 Å². The third-order valence-corrected chi connectivity index (χ3v) is 13.3. The number of hydrogen-bond donors (Lipinski definition) is 0. The lowest BCUT2D eigenvalue weighted by Gasteiger charge is -2.50. The number of aryl methyl sites for hydroxylation is 1. The molecule has 4 aromatic rings. The van der Waals surface area contributed by atoms with Crippen LogP contribution in [0, 0.1) is 6.92 Å². The Labute approximate surface area is 305 Å². The minimum atomic E-state index is -0.0791. The standard InChI is InChI=1S/C45H54Cl2N2/c1-29-22-36-37(43(7,8)21-20-42(36,5)6)28-40(29)48(33-15-13-14-31(46)24-33)34-25-32(47)26-35(27-34)49-39-17-16-30(41(2,3)4)23-38(39)44(9)18-11-12-19-45(44,49)10/h13-17,22-28H,11-12,18-21H2,1-10H3. The zero-order valence-corrected chi connectivity index (χ0v) is 32.8. The van der Waals surface area contributed by atoms with E-state index in [0.717, 1.165) is 39.9 Å². The first kappa shape index (κ1) is 34.5. The average Bonchev–Trinajstić information content (AvgIpc) is 3.22. The van der Waals surface area contributed by atoms with Crippen LogP contribution in [0.4, 0.5) is 28.4 Å². The summed E-state index contributed by atoms with van der Waals surface area (Å²) in [6.45, 7) is 23.8. The Kier molecular flexibility index (Phi) is 8.13. The molecule has 2 aliphatic carbocycles. The van der Waals surface area contributed by atoms with Crippen molar-refractivity contribution in [1.82, 2.24) is 0 Å². The van der Waals surface area contributed by atoms with Crippen molar-refractivity contribution >= 4 is 51.6 Å². The van der Waals surface area contributed by atoms with Crippen LogP contribution < -0.4 is 9.80 Å². The van der Waals surface area contributed by atoms with Crippen molar-refractivity contribution in [2.75, 3.05) is 9.80 Å². The zero-order chi connectivity index (χ0) is 35.3. The highest BCUT2D eigenvalue weighted by molar-refractivity contribution is 6.31. The number of nitrogens with zero attached hydrogens (tertiary/aromatic N) is 2. The molecule has 0 bridgehead atoms. The Balaban J connectivity index is 1.45. The largest absolute Gasteiger partial charge is 0.334 e. The van der Waals surface area contributed by atoms with Crippen LogP contribution >= 0.6 is 23.2 Å². The Morgan fingerprint density at radius 2 is 1.31 bits per heavy atom. The summed E-state index contributed by atoms with van der Waals surface area (Å²) in [5.74, 6) is 0. The summed E-state index contributed by atoms with van der Waals surface area (Å²) in [7, 11) is 0. The molecule has 0 aromatic heterocycles. The number of hydrogen-bond acceptors (Lipinski definition) is 2. The van der Waals surface area contributed by atoms with Gasteiger partial charge >= 0.3 is 0 Å². The molecule has 2 unspecified atom stereocenters. The minimum Gasteiger partial charge on any atom is -0.334 e. The molecule has 2 nitrogen and oxygen atoms in total. The fraction of sp³-hybridized carbons (Fsp3) is 0.467. The molecule has 7 rings (SSSR count). The van der Waals surface area contributed by atoms with E-state index < -0.39 is 0 Å². The highest BCUT2D eigenvalue weighted by atomic mass is 35.5. The van der Waals surface area contributed by atoms with Gasteiger partial charge in [-0.15, -0.1) is 0 Å². The van der Waals surface area contributed by atoms with Gasteiger partial charge in [0.1, 0.15) is 0 Å². The van der Waals surface area contributed by atoms with Crippen LogP contribution in [0.5, 0.6) is 0 Å². The summed E-state index contributed by atoms with van der Waals surface area (Å²) < 4.78 is 0. The second kappa shape index (κ2) is 11.5. The summed E-state index contributed by atoms with van der Waals surface area (Å²) in [6.07, 6.45) is 7.16. The van der Waals surface area contributed by atoms with Crippen LogP contribution in [0.25, 0.3) is 0 Å². The predicted molar refractivity (Wildman–Crippen MR) is 213 cm³/mol. The molecule has 0 spiro atoms. The molecule has 49 heavy (non-hydrogen) atoms. The van der Waals surface area contributed by atoms with E-state index in [1.54, 1.807) is 0 Å². The third-order valence-electron chi connectivity index (χ3n) is 12.8. The molecule has 4 aromatic carbocycles. The average molecular weight is 694 g/mol. The zero-order valence-electron chi connectivity index (χ0n) is 31.3. The van der Waals surface area contributed by atoms with Gasteiger partial charge in [0.2, 0.25) is 0 Å². The predicted octanol–water partition coefficient (Wildman–Crippen LogP) is 14.2. The van der Waals surface area contributed by atoms with Crippen molar-refractivity contribution in [1.29, 1.82) is 0 Å². The molecule has 1 heterocycles. The van der Waals surface area contributed by atoms with Gasteiger partial charge in [0.15, 0.2) is 0 Å². The van der Waals surface area contributed by atoms with Crippen molar-refractivity contribution in [3.8, 4) is 0 Å². The lowest BCUT2D eigenvalue weighted by molar-refractivity contribution is 0.195. The van der Waals surface area contributed by atoms with Crippen molar-refractivity contribution < 1.29 is 0 Å². The maximum absolute atomic E-state index is 7.20. The minimum absolute atomic E-state index is 0.0322. The molecular formula is C45H54Cl2N2. The highest BCUT2D eigenvalue weighted by Gasteiger charge is 2.58. The summed E-state index contributed by atoms with van der Waals surface area (Å²) in [4.78, 5) is 5.03. The summed E-state index contributed by atoms with van der Waals surface area (Å²) in [5, 5.41) is 1.45. The molecule has 4 heteroatoms. The highest BCUT2D eigenvalue weighted by Crippen LogP contribution is 2.62. The Bertz CT molecular complexity index is 1950. The third kappa shape index (κ3) is 5.52. The molecule has 0 amide bonds. The second-order valence-corrected chi connectivity index (χ2v) is 18.9. The molecule has 0 N–H and O–H groups in total. The Morgan fingerprint density at radius 3 is 1.98 bits per heavy atom. The topological polar surface area (TPSA) is 6.48 Å². The van der Waals surface area contributed by atoms with E-state index in [4.69, 9.17) is 23.2 Å². The fourth-order valence-corrected chi connectivity index (χ4v) is 9.83. The molecular weight excluding hydrogens is 639 g/mol. The number of fused-ring (bicyclic) bond motifs is 4. The maximum atomic E-state index is 7.20. The first-order chi connectivity index (χ1) is 22.9. The SMILES string of the molecule is Cc1cc2c(cc1N(c1cccc(Cl)c1)c1cc(Cl)cc(N3c4ccc(C(C)(C)C)cc4C4(C)CCCCC34C)c1)C(C)(C)CCC2(C)C. The molecule has 0 radical (unpaired) electrons. The molecule has 1 saturated carbocycles. The van der Waals surface area contributed by atoms with Crippen molar-refractivity contribution in [3.63, 3.8) is 0 Å². The number of anilines is 5. The van der Waals surface area contributed by atoms with Crippen LogP contribution in [0.1, 0.15) is 129 Å². The molecule has 2 atom stereocenters. The summed E-state index contributed by atoms with van der Waals surface area (Å²) in [5.41, 5.74) is 13.0. The van der Waals surface area contributed by atoms with Crippen molar-refractivity contribution in [2.24, 2.45) is 0 Å². The maximum Gasteiger partial charge on any atom is 0.0517 e. The summed E-state index contributed by atoms with van der Waals surface area (Å²) in [6, 6.07) is 27.1. The molecule has 0 saturated heterocycles. The van der Waals surface area contributed by atoms with E-state index in [-0.39, 0.29) is 27.2 Å². The lowest BCUT2D eigenvalue weighted by Crippen LogP contribution is -2.54. The van der Waals surface area contributed by atoms with Gasteiger partial charge in [-0.1, -0.05) is 116 Å². The van der Waals surface area contributed by atoms with Crippen LogP contribution in [0.15, 0.2) is 72.8 Å². The van der Waals surface area contributed by atoms with Gasteiger partial charge in [-0.3, -0.25) is 0 Å². The quantitative estimate of drug-likeness (QED) is 0.210. The van der Waals surface area contributed by atoms with E-state index in [1.807, 2.05) is 6.07 Å². The summed E-state index contributed by atoms with van der Waals surface area (Å²) >= 11 is 13.9. The van der Waals surface area contributed by atoms with Crippen molar-refractivity contribution in [2.45, 2.75) is 135 Å². The molecule has 258 valence electrons. The van der Waals surface area contributed by atoms with Gasteiger partial charge in [0.25, 0.3) is 0 Å². The smallest absolute Gasteiger partial charge is 0.0517 e.